The van der Waals surface area contributed by atoms with Crippen LogP contribution in [0.3, 0.4) is 0 Å². The van der Waals surface area contributed by atoms with E-state index in [1.807, 2.05) is 11.0 Å². The Morgan fingerprint density at radius 2 is 2.00 bits per heavy atom. The van der Waals surface area contributed by atoms with E-state index in [0.717, 1.165) is 31.5 Å². The van der Waals surface area contributed by atoms with E-state index < -0.39 is 0 Å². The summed E-state index contributed by atoms with van der Waals surface area (Å²) in [5.74, 6) is 1.18. The Hall–Kier alpha value is -2.38. The van der Waals surface area contributed by atoms with E-state index in [-0.39, 0.29) is 23.6 Å². The van der Waals surface area contributed by atoms with Crippen LogP contribution in [0.1, 0.15) is 57.4 Å². The molecule has 160 valence electrons. The summed E-state index contributed by atoms with van der Waals surface area (Å²) in [6.07, 6.45) is 4.12. The van der Waals surface area contributed by atoms with Gasteiger partial charge in [0.05, 0.1) is 18.2 Å². The zero-order valence-electron chi connectivity index (χ0n) is 17.5. The minimum atomic E-state index is -0.209. The Kier molecular flexibility index (Phi) is 7.28. The number of likely N-dealkylation sites (tertiary alicyclic amines) is 2. The zero-order valence-corrected chi connectivity index (χ0v) is 17.5. The quantitative estimate of drug-likeness (QED) is 0.676. The van der Waals surface area contributed by atoms with Crippen molar-refractivity contribution >= 4 is 17.7 Å². The average Bonchev–Trinajstić information content (AvgIpc) is 3.29. The molecule has 1 aromatic rings. The van der Waals surface area contributed by atoms with Crippen molar-refractivity contribution in [1.29, 1.82) is 0 Å². The Labute approximate surface area is 172 Å². The number of carbonyl (C=O) groups excluding carboxylic acids is 3. The maximum Gasteiger partial charge on any atom is 0.225 e. The predicted octanol–water partition coefficient (Wildman–Crippen LogP) is 1.74. The molecule has 2 aliphatic rings. The summed E-state index contributed by atoms with van der Waals surface area (Å²) < 4.78 is 5.29. The van der Waals surface area contributed by atoms with Gasteiger partial charge in [-0.15, -0.1) is 0 Å². The Bertz CT molecular complexity index is 730. The number of carbonyl (C=O) groups is 3. The molecule has 0 bridgehead atoms. The van der Waals surface area contributed by atoms with Crippen molar-refractivity contribution in [2.24, 2.45) is 11.8 Å². The molecule has 3 amide bonds. The second kappa shape index (κ2) is 9.89. The fraction of sp³-hybridized carbons (Fsp3) is 0.714. The minimum Gasteiger partial charge on any atom is -0.359 e. The van der Waals surface area contributed by atoms with Crippen molar-refractivity contribution in [2.75, 3.05) is 26.2 Å². The number of aromatic nitrogens is 1. The first-order valence-electron chi connectivity index (χ1n) is 10.7. The molecule has 0 aliphatic carbocycles. The van der Waals surface area contributed by atoms with Gasteiger partial charge < -0.3 is 19.6 Å². The fourth-order valence-electron chi connectivity index (χ4n) is 4.01. The van der Waals surface area contributed by atoms with Gasteiger partial charge in [-0.1, -0.05) is 19.0 Å². The Morgan fingerprint density at radius 3 is 2.72 bits per heavy atom. The molecule has 3 rings (SSSR count). The Balaban J connectivity index is 1.42. The lowest BCUT2D eigenvalue weighted by atomic mass is 9.96. The normalized spacial score (nSPS) is 20.0. The monoisotopic (exact) mass is 404 g/mol. The number of piperidine rings is 1. The highest BCUT2D eigenvalue weighted by atomic mass is 16.5. The molecule has 8 heteroatoms. The van der Waals surface area contributed by atoms with Gasteiger partial charge >= 0.3 is 0 Å². The topological polar surface area (TPSA) is 95.8 Å². The third-order valence-electron chi connectivity index (χ3n) is 5.56. The van der Waals surface area contributed by atoms with E-state index in [0.29, 0.717) is 57.1 Å². The number of nitrogens with one attached hydrogen (secondary N) is 1. The van der Waals surface area contributed by atoms with Gasteiger partial charge in [0.2, 0.25) is 17.7 Å². The smallest absolute Gasteiger partial charge is 0.225 e. The number of nitrogens with zero attached hydrogens (tertiary/aromatic N) is 3. The Morgan fingerprint density at radius 1 is 1.24 bits per heavy atom. The van der Waals surface area contributed by atoms with Crippen LogP contribution in [0, 0.1) is 11.8 Å². The summed E-state index contributed by atoms with van der Waals surface area (Å²) >= 11 is 0. The second-order valence-electron chi connectivity index (χ2n) is 8.51. The van der Waals surface area contributed by atoms with Gasteiger partial charge in [0.25, 0.3) is 0 Å². The van der Waals surface area contributed by atoms with Crippen molar-refractivity contribution in [2.45, 2.75) is 58.9 Å². The van der Waals surface area contributed by atoms with Crippen molar-refractivity contribution < 1.29 is 18.9 Å². The van der Waals surface area contributed by atoms with Crippen molar-refractivity contribution in [3.63, 3.8) is 0 Å². The summed E-state index contributed by atoms with van der Waals surface area (Å²) in [6, 6.07) is 1.89. The van der Waals surface area contributed by atoms with Crippen molar-refractivity contribution in [3.05, 3.63) is 17.5 Å². The molecule has 29 heavy (non-hydrogen) atoms. The molecule has 1 N–H and O–H groups in total. The van der Waals surface area contributed by atoms with E-state index >= 15 is 0 Å². The van der Waals surface area contributed by atoms with Crippen LogP contribution in [0.25, 0.3) is 0 Å². The van der Waals surface area contributed by atoms with Gasteiger partial charge in [-0.25, -0.2) is 0 Å². The van der Waals surface area contributed by atoms with E-state index in [1.54, 1.807) is 4.90 Å². The SMILES string of the molecule is CC(C)Cc1cc(CNC(=O)C2CCC(=O)N(CCCN3CCCC3=O)C2)on1. The predicted molar refractivity (Wildman–Crippen MR) is 107 cm³/mol. The van der Waals surface area contributed by atoms with Gasteiger partial charge in [0, 0.05) is 45.1 Å². The van der Waals surface area contributed by atoms with Crippen molar-refractivity contribution in [1.82, 2.24) is 20.3 Å². The molecule has 0 saturated carbocycles. The lowest BCUT2D eigenvalue weighted by molar-refractivity contribution is -0.138. The van der Waals surface area contributed by atoms with E-state index in [2.05, 4.69) is 24.3 Å². The molecule has 2 aliphatic heterocycles. The van der Waals surface area contributed by atoms with Gasteiger partial charge in [-0.2, -0.15) is 0 Å². The fourth-order valence-corrected chi connectivity index (χ4v) is 4.01. The standard InChI is InChI=1S/C21H32N4O4/c1-15(2)11-17-12-18(29-23-17)13-22-21(28)16-6-7-20(27)25(14-16)10-4-9-24-8-3-5-19(24)26/h12,15-16H,3-11,13-14H2,1-2H3,(H,22,28). The van der Waals surface area contributed by atoms with Crippen LogP contribution in [-0.2, 0) is 27.3 Å². The molecule has 0 radical (unpaired) electrons. The van der Waals surface area contributed by atoms with E-state index in [4.69, 9.17) is 4.52 Å². The van der Waals surface area contributed by atoms with Gasteiger partial charge in [0.15, 0.2) is 5.76 Å². The molecule has 1 atom stereocenters. The molecule has 1 aromatic heterocycles. The molecule has 2 fully saturated rings. The second-order valence-corrected chi connectivity index (χ2v) is 8.51. The van der Waals surface area contributed by atoms with Gasteiger partial charge in [0.1, 0.15) is 0 Å². The molecule has 0 spiro atoms. The highest BCUT2D eigenvalue weighted by Gasteiger charge is 2.30. The van der Waals surface area contributed by atoms with Crippen LogP contribution in [0.15, 0.2) is 10.6 Å². The first kappa shape index (κ1) is 21.3. The van der Waals surface area contributed by atoms with Crippen LogP contribution < -0.4 is 5.32 Å². The van der Waals surface area contributed by atoms with Crippen LogP contribution in [0.4, 0.5) is 0 Å². The largest absolute Gasteiger partial charge is 0.359 e. The number of hydrogen-bond acceptors (Lipinski definition) is 5. The summed E-state index contributed by atoms with van der Waals surface area (Å²) in [5, 5.41) is 6.95. The maximum atomic E-state index is 12.6. The lowest BCUT2D eigenvalue weighted by Crippen LogP contribution is -2.46. The first-order valence-corrected chi connectivity index (χ1v) is 10.7. The first-order chi connectivity index (χ1) is 13.9. The molecular formula is C21H32N4O4. The molecule has 3 heterocycles. The minimum absolute atomic E-state index is 0.0565. The van der Waals surface area contributed by atoms with Gasteiger partial charge in [-0.05, 0) is 31.6 Å². The molecule has 1 unspecified atom stereocenters. The lowest BCUT2D eigenvalue weighted by Gasteiger charge is -2.32. The summed E-state index contributed by atoms with van der Waals surface area (Å²) in [6.45, 7) is 7.08. The maximum absolute atomic E-state index is 12.6. The summed E-state index contributed by atoms with van der Waals surface area (Å²) in [7, 11) is 0. The van der Waals surface area contributed by atoms with Crippen LogP contribution in [-0.4, -0.2) is 58.9 Å². The number of amides is 3. The number of hydrogen-bond donors (Lipinski definition) is 1. The highest BCUT2D eigenvalue weighted by Crippen LogP contribution is 2.19. The van der Waals surface area contributed by atoms with E-state index in [9.17, 15) is 14.4 Å². The third kappa shape index (κ3) is 6.05. The molecule has 0 aromatic carbocycles. The van der Waals surface area contributed by atoms with Crippen LogP contribution in [0.2, 0.25) is 0 Å². The average molecular weight is 405 g/mol. The molecular weight excluding hydrogens is 372 g/mol. The summed E-state index contributed by atoms with van der Waals surface area (Å²) in [4.78, 5) is 40.1. The van der Waals surface area contributed by atoms with E-state index in [1.165, 1.54) is 0 Å². The zero-order chi connectivity index (χ0) is 20.8. The van der Waals surface area contributed by atoms with Crippen molar-refractivity contribution in [3.8, 4) is 0 Å². The van der Waals surface area contributed by atoms with Crippen LogP contribution >= 0.6 is 0 Å². The van der Waals surface area contributed by atoms with Gasteiger partial charge in [-0.3, -0.25) is 14.4 Å². The molecule has 8 nitrogen and oxygen atoms in total. The third-order valence-corrected chi connectivity index (χ3v) is 5.56. The summed E-state index contributed by atoms with van der Waals surface area (Å²) in [5.41, 5.74) is 0.898. The number of rotatable bonds is 9. The molecule has 2 saturated heterocycles. The highest BCUT2D eigenvalue weighted by molar-refractivity contribution is 5.83. The van der Waals surface area contributed by atoms with Crippen LogP contribution in [0.5, 0.6) is 0 Å².